The van der Waals surface area contributed by atoms with Gasteiger partial charge in [-0.2, -0.15) is 5.10 Å². The van der Waals surface area contributed by atoms with Gasteiger partial charge in [-0.05, 0) is 44.2 Å². The minimum Gasteiger partial charge on any atom is -0.493 e. The van der Waals surface area contributed by atoms with Crippen LogP contribution in [0.25, 0.3) is 10.8 Å². The normalized spacial score (nSPS) is 16.2. The second-order valence-corrected chi connectivity index (χ2v) is 7.05. The summed E-state index contributed by atoms with van der Waals surface area (Å²) in [5.41, 5.74) is 0. The fraction of sp³-hybridized carbons (Fsp3) is 0.550. The molecule has 0 spiro atoms. The lowest BCUT2D eigenvalue weighted by Gasteiger charge is -2.34. The number of esters is 1. The number of benzene rings is 1. The van der Waals surface area contributed by atoms with E-state index < -0.39 is 0 Å². The van der Waals surface area contributed by atoms with Gasteiger partial charge in [0.25, 0.3) is 0 Å². The minimum absolute atomic E-state index is 0.0341. The van der Waals surface area contributed by atoms with Crippen LogP contribution in [-0.4, -0.2) is 49.6 Å². The van der Waals surface area contributed by atoms with Gasteiger partial charge in [-0.25, -0.2) is 0 Å². The van der Waals surface area contributed by atoms with Gasteiger partial charge in [0.2, 0.25) is 0 Å². The number of hydrogen-bond acceptors (Lipinski definition) is 7. The molecule has 1 atom stereocenters. The third-order valence-corrected chi connectivity index (χ3v) is 5.09. The van der Waals surface area contributed by atoms with E-state index in [1.54, 1.807) is 20.4 Å². The van der Waals surface area contributed by atoms with Crippen LogP contribution in [-0.2, 0) is 9.53 Å². The van der Waals surface area contributed by atoms with Gasteiger partial charge in [-0.15, -0.1) is 5.10 Å². The van der Waals surface area contributed by atoms with E-state index in [1.165, 1.54) is 6.92 Å². The number of methoxy groups -OCH3 is 2. The molecule has 7 heteroatoms. The SMILES string of the molecule is COc1cc2cnnc(N3CCC(CC(C)OC(C)=O)CC3)c2cc1OC. The Hall–Kier alpha value is -2.57. The van der Waals surface area contributed by atoms with Crippen LogP contribution in [0, 0.1) is 5.92 Å². The Morgan fingerprint density at radius 1 is 1.22 bits per heavy atom. The molecule has 1 aromatic carbocycles. The van der Waals surface area contributed by atoms with E-state index in [0.29, 0.717) is 17.4 Å². The van der Waals surface area contributed by atoms with Crippen LogP contribution in [0.4, 0.5) is 5.82 Å². The maximum Gasteiger partial charge on any atom is 0.302 e. The van der Waals surface area contributed by atoms with Crippen LogP contribution in [0.2, 0.25) is 0 Å². The van der Waals surface area contributed by atoms with Crippen molar-refractivity contribution < 1.29 is 19.0 Å². The summed E-state index contributed by atoms with van der Waals surface area (Å²) in [6.07, 6.45) is 4.69. The first kappa shape index (κ1) is 19.2. The summed E-state index contributed by atoms with van der Waals surface area (Å²) >= 11 is 0. The Labute approximate surface area is 159 Å². The molecular weight excluding hydrogens is 346 g/mol. The Morgan fingerprint density at radius 3 is 2.52 bits per heavy atom. The van der Waals surface area contributed by atoms with Crippen molar-refractivity contribution in [2.24, 2.45) is 5.92 Å². The highest BCUT2D eigenvalue weighted by Crippen LogP contribution is 2.36. The van der Waals surface area contributed by atoms with Gasteiger partial charge in [0.05, 0.1) is 26.5 Å². The second-order valence-electron chi connectivity index (χ2n) is 7.05. The van der Waals surface area contributed by atoms with E-state index in [1.807, 2.05) is 19.1 Å². The quantitative estimate of drug-likeness (QED) is 0.720. The molecule has 2 heterocycles. The number of hydrogen-bond donors (Lipinski definition) is 0. The maximum atomic E-state index is 11.1. The van der Waals surface area contributed by atoms with Crippen molar-refractivity contribution in [3.05, 3.63) is 18.3 Å². The summed E-state index contributed by atoms with van der Waals surface area (Å²) in [4.78, 5) is 13.4. The first-order valence-electron chi connectivity index (χ1n) is 9.31. The van der Waals surface area contributed by atoms with E-state index >= 15 is 0 Å². The molecular formula is C20H27N3O4. The molecule has 1 saturated heterocycles. The lowest BCUT2D eigenvalue weighted by atomic mass is 9.91. The van der Waals surface area contributed by atoms with Crippen molar-refractivity contribution in [1.82, 2.24) is 10.2 Å². The third kappa shape index (κ3) is 4.40. The fourth-order valence-corrected chi connectivity index (χ4v) is 3.81. The van der Waals surface area contributed by atoms with Crippen molar-refractivity contribution in [3.63, 3.8) is 0 Å². The van der Waals surface area contributed by atoms with Gasteiger partial charge in [0.15, 0.2) is 17.3 Å². The van der Waals surface area contributed by atoms with E-state index in [-0.39, 0.29) is 12.1 Å². The Bertz CT molecular complexity index is 803. The van der Waals surface area contributed by atoms with E-state index in [4.69, 9.17) is 14.2 Å². The molecule has 0 bridgehead atoms. The zero-order chi connectivity index (χ0) is 19.4. The fourth-order valence-electron chi connectivity index (χ4n) is 3.81. The molecule has 1 aliphatic rings. The molecule has 1 aromatic heterocycles. The predicted molar refractivity (Wildman–Crippen MR) is 103 cm³/mol. The Morgan fingerprint density at radius 2 is 1.89 bits per heavy atom. The van der Waals surface area contributed by atoms with Gasteiger partial charge in [0.1, 0.15) is 0 Å². The van der Waals surface area contributed by atoms with Crippen LogP contribution < -0.4 is 14.4 Å². The molecule has 0 N–H and O–H groups in total. The molecule has 7 nitrogen and oxygen atoms in total. The summed E-state index contributed by atoms with van der Waals surface area (Å²) in [6.45, 7) is 5.23. The van der Waals surface area contributed by atoms with Crippen LogP contribution >= 0.6 is 0 Å². The molecule has 1 unspecified atom stereocenters. The lowest BCUT2D eigenvalue weighted by molar-refractivity contribution is -0.146. The second kappa shape index (κ2) is 8.41. The topological polar surface area (TPSA) is 73.8 Å². The smallest absolute Gasteiger partial charge is 0.302 e. The van der Waals surface area contributed by atoms with Crippen molar-refractivity contribution >= 4 is 22.6 Å². The highest BCUT2D eigenvalue weighted by Gasteiger charge is 2.24. The molecule has 0 saturated carbocycles. The van der Waals surface area contributed by atoms with E-state index in [0.717, 1.165) is 48.9 Å². The molecule has 146 valence electrons. The van der Waals surface area contributed by atoms with Gasteiger partial charge in [-0.3, -0.25) is 4.79 Å². The number of anilines is 1. The van der Waals surface area contributed by atoms with Crippen LogP contribution in [0.1, 0.15) is 33.1 Å². The monoisotopic (exact) mass is 373 g/mol. The summed E-state index contributed by atoms with van der Waals surface area (Å²) in [5, 5.41) is 10.6. The maximum absolute atomic E-state index is 11.1. The van der Waals surface area contributed by atoms with Crippen LogP contribution in [0.15, 0.2) is 18.3 Å². The molecule has 0 aliphatic carbocycles. The van der Waals surface area contributed by atoms with Gasteiger partial charge < -0.3 is 19.1 Å². The largest absolute Gasteiger partial charge is 0.493 e. The minimum atomic E-state index is -0.213. The number of piperidine rings is 1. The Balaban J connectivity index is 1.74. The summed E-state index contributed by atoms with van der Waals surface area (Å²) in [6, 6.07) is 3.90. The molecule has 1 aliphatic heterocycles. The molecule has 27 heavy (non-hydrogen) atoms. The number of ether oxygens (including phenoxy) is 3. The predicted octanol–water partition coefficient (Wildman–Crippen LogP) is 3.21. The first-order chi connectivity index (χ1) is 13.0. The number of carbonyl (C=O) groups is 1. The summed E-state index contributed by atoms with van der Waals surface area (Å²) in [5.74, 6) is 2.58. The molecule has 0 amide bonds. The zero-order valence-electron chi connectivity index (χ0n) is 16.4. The third-order valence-electron chi connectivity index (χ3n) is 5.09. The van der Waals surface area contributed by atoms with Crippen molar-refractivity contribution in [2.45, 2.75) is 39.2 Å². The van der Waals surface area contributed by atoms with Crippen LogP contribution in [0.3, 0.4) is 0 Å². The number of aromatic nitrogens is 2. The van der Waals surface area contributed by atoms with Crippen molar-refractivity contribution in [3.8, 4) is 11.5 Å². The summed E-state index contributed by atoms with van der Waals surface area (Å²) in [7, 11) is 3.26. The van der Waals surface area contributed by atoms with Gasteiger partial charge >= 0.3 is 5.97 Å². The average Bonchev–Trinajstić information content (AvgIpc) is 2.66. The van der Waals surface area contributed by atoms with E-state index in [2.05, 4.69) is 15.1 Å². The first-order valence-corrected chi connectivity index (χ1v) is 9.31. The molecule has 2 aromatic rings. The number of carbonyl (C=O) groups excluding carboxylic acids is 1. The average molecular weight is 373 g/mol. The standard InChI is InChI=1S/C20H27N3O4/c1-13(27-14(2)24)9-15-5-7-23(8-6-15)20-17-11-19(26-4)18(25-3)10-16(17)12-21-22-20/h10-13,15H,5-9H2,1-4H3. The van der Waals surface area contributed by atoms with Crippen molar-refractivity contribution in [1.29, 1.82) is 0 Å². The van der Waals surface area contributed by atoms with Crippen molar-refractivity contribution in [2.75, 3.05) is 32.2 Å². The highest BCUT2D eigenvalue weighted by atomic mass is 16.5. The Kier molecular flexibility index (Phi) is 5.98. The van der Waals surface area contributed by atoms with Gasteiger partial charge in [-0.1, -0.05) is 0 Å². The number of nitrogens with zero attached hydrogens (tertiary/aromatic N) is 3. The lowest BCUT2D eigenvalue weighted by Crippen LogP contribution is -2.35. The molecule has 3 rings (SSSR count). The highest BCUT2D eigenvalue weighted by molar-refractivity contribution is 5.94. The van der Waals surface area contributed by atoms with Crippen LogP contribution in [0.5, 0.6) is 11.5 Å². The number of rotatable bonds is 6. The van der Waals surface area contributed by atoms with E-state index in [9.17, 15) is 4.79 Å². The zero-order valence-corrected chi connectivity index (χ0v) is 16.4. The molecule has 1 fully saturated rings. The molecule has 0 radical (unpaired) electrons. The number of fused-ring (bicyclic) bond motifs is 1. The van der Waals surface area contributed by atoms with Gasteiger partial charge in [0, 0.05) is 30.8 Å². The summed E-state index contributed by atoms with van der Waals surface area (Å²) < 4.78 is 16.1.